The van der Waals surface area contributed by atoms with E-state index in [9.17, 15) is 34.8 Å². The van der Waals surface area contributed by atoms with Crippen molar-refractivity contribution in [2.24, 2.45) is 11.8 Å². The van der Waals surface area contributed by atoms with Crippen LogP contribution in [0.4, 0.5) is 0 Å². The van der Waals surface area contributed by atoms with E-state index in [1.807, 2.05) is 32.9 Å². The van der Waals surface area contributed by atoms with Crippen LogP contribution >= 0.6 is 0 Å². The van der Waals surface area contributed by atoms with E-state index in [1.165, 1.54) is 0 Å². The van der Waals surface area contributed by atoms with E-state index >= 15 is 0 Å². The molecule has 2 aliphatic rings. The van der Waals surface area contributed by atoms with Crippen LogP contribution in [0.25, 0.3) is 0 Å². The Labute approximate surface area is 206 Å². The highest BCUT2D eigenvalue weighted by atomic mass is 16.7. The summed E-state index contributed by atoms with van der Waals surface area (Å²) < 4.78 is 11.1. The largest absolute Gasteiger partial charge is 0.481 e. The molecule has 1 saturated heterocycles. The SMILES string of the molecule is CC.CCCC=CC1C(OC2O[C@H](C(=O)O)[C@@H](O)[C@H](O)[C@H]2O)CC(=O)C1CCCCCCC(=O)O. The summed E-state index contributed by atoms with van der Waals surface area (Å²) in [6.07, 6.45) is 0.179. The molecule has 1 heterocycles. The Hall–Kier alpha value is -1.85. The van der Waals surface area contributed by atoms with Crippen molar-refractivity contribution in [2.45, 2.75) is 115 Å². The van der Waals surface area contributed by atoms with E-state index in [1.54, 1.807) is 0 Å². The lowest BCUT2D eigenvalue weighted by Gasteiger charge is -2.40. The van der Waals surface area contributed by atoms with Gasteiger partial charge in [0, 0.05) is 24.7 Å². The van der Waals surface area contributed by atoms with Crippen LogP contribution in [0.5, 0.6) is 0 Å². The second kappa shape index (κ2) is 16.0. The van der Waals surface area contributed by atoms with E-state index in [4.69, 9.17) is 14.6 Å². The summed E-state index contributed by atoms with van der Waals surface area (Å²) in [5, 5.41) is 48.1. The lowest BCUT2D eigenvalue weighted by Crippen LogP contribution is -2.61. The van der Waals surface area contributed by atoms with Gasteiger partial charge in [0.05, 0.1) is 6.10 Å². The smallest absolute Gasteiger partial charge is 0.335 e. The van der Waals surface area contributed by atoms with Gasteiger partial charge >= 0.3 is 11.9 Å². The molecule has 1 saturated carbocycles. The number of unbranched alkanes of at least 4 members (excludes halogenated alkanes) is 4. The maximum Gasteiger partial charge on any atom is 0.335 e. The van der Waals surface area contributed by atoms with Crippen molar-refractivity contribution in [1.29, 1.82) is 0 Å². The third-order valence-corrected chi connectivity index (χ3v) is 6.30. The van der Waals surface area contributed by atoms with E-state index < -0.39 is 48.7 Å². The Morgan fingerprint density at radius 1 is 1.03 bits per heavy atom. The number of aliphatic hydroxyl groups is 3. The maximum atomic E-state index is 12.8. The minimum Gasteiger partial charge on any atom is -0.481 e. The van der Waals surface area contributed by atoms with Gasteiger partial charge in [-0.1, -0.05) is 58.6 Å². The van der Waals surface area contributed by atoms with Crippen LogP contribution in [-0.2, 0) is 23.9 Å². The molecule has 4 unspecified atom stereocenters. The summed E-state index contributed by atoms with van der Waals surface area (Å²) in [5.41, 5.74) is 0. The molecule has 0 aromatic carbocycles. The molecule has 202 valence electrons. The predicted octanol–water partition coefficient (Wildman–Crippen LogP) is 2.28. The van der Waals surface area contributed by atoms with E-state index in [-0.39, 0.29) is 30.5 Å². The molecular weight excluding hydrogens is 460 g/mol. The van der Waals surface area contributed by atoms with Crippen LogP contribution < -0.4 is 0 Å². The first-order chi connectivity index (χ1) is 16.7. The summed E-state index contributed by atoms with van der Waals surface area (Å²) in [6, 6.07) is 0. The molecule has 1 aliphatic heterocycles. The quantitative estimate of drug-likeness (QED) is 0.186. The summed E-state index contributed by atoms with van der Waals surface area (Å²) >= 11 is 0. The molecule has 5 N–H and O–H groups in total. The Morgan fingerprint density at radius 3 is 2.29 bits per heavy atom. The van der Waals surface area contributed by atoms with Gasteiger partial charge in [-0.25, -0.2) is 4.79 Å². The molecule has 0 radical (unpaired) electrons. The standard InChI is InChI=1S/C23H36O10.C2H6/c1-2-3-6-10-14-13(9-7-4-5-8-11-17(25)26)15(24)12-16(14)32-23-20(29)18(27)19(28)21(33-23)22(30)31;1-2/h6,10,13-14,16,18-21,23,27-29H,2-5,7-9,11-12H2,1H3,(H,25,26)(H,30,31);1-2H3/t13?,14?,16?,18-,19-,20+,21-,23?;/m0./s1. The molecule has 35 heavy (non-hydrogen) atoms. The highest BCUT2D eigenvalue weighted by Gasteiger charge is 2.50. The first-order valence-corrected chi connectivity index (χ1v) is 12.7. The zero-order valence-electron chi connectivity index (χ0n) is 20.9. The molecule has 0 aromatic rings. The van der Waals surface area contributed by atoms with Gasteiger partial charge in [-0.05, 0) is 19.3 Å². The van der Waals surface area contributed by atoms with Crippen molar-refractivity contribution < 1.29 is 49.4 Å². The molecular formula is C25H42O10. The molecule has 1 aliphatic carbocycles. The van der Waals surface area contributed by atoms with E-state index in [0.29, 0.717) is 12.8 Å². The summed E-state index contributed by atoms with van der Waals surface area (Å²) in [7, 11) is 0. The first kappa shape index (κ1) is 31.2. The Bertz CT molecular complexity index is 694. The number of allylic oxidation sites excluding steroid dienone is 1. The normalized spacial score (nSPS) is 32.9. The van der Waals surface area contributed by atoms with Gasteiger partial charge in [0.2, 0.25) is 0 Å². The van der Waals surface area contributed by atoms with Crippen LogP contribution in [0.15, 0.2) is 12.2 Å². The Kier molecular flexibility index (Phi) is 14.3. The third-order valence-electron chi connectivity index (χ3n) is 6.30. The molecule has 2 fully saturated rings. The summed E-state index contributed by atoms with van der Waals surface area (Å²) in [4.78, 5) is 34.7. The minimum absolute atomic E-state index is 0.00245. The van der Waals surface area contributed by atoms with Crippen LogP contribution in [-0.4, -0.2) is 80.1 Å². The Balaban J connectivity index is 0.00000298. The lowest BCUT2D eigenvalue weighted by molar-refractivity contribution is -0.305. The van der Waals surface area contributed by atoms with Gasteiger partial charge in [-0.15, -0.1) is 0 Å². The average Bonchev–Trinajstić information content (AvgIpc) is 3.11. The van der Waals surface area contributed by atoms with Gasteiger partial charge in [0.1, 0.15) is 24.1 Å². The zero-order valence-corrected chi connectivity index (χ0v) is 20.9. The van der Waals surface area contributed by atoms with Crippen molar-refractivity contribution in [3.05, 3.63) is 12.2 Å². The van der Waals surface area contributed by atoms with Crippen LogP contribution in [0.1, 0.15) is 78.6 Å². The molecule has 10 heteroatoms. The number of ketones is 1. The van der Waals surface area contributed by atoms with Crippen LogP contribution in [0.2, 0.25) is 0 Å². The van der Waals surface area contributed by atoms with E-state index in [0.717, 1.165) is 32.1 Å². The fourth-order valence-electron chi connectivity index (χ4n) is 4.46. The second-order valence-electron chi connectivity index (χ2n) is 8.83. The van der Waals surface area contributed by atoms with Gasteiger partial charge in [-0.2, -0.15) is 0 Å². The van der Waals surface area contributed by atoms with Crippen molar-refractivity contribution in [1.82, 2.24) is 0 Å². The number of hydrogen-bond acceptors (Lipinski definition) is 8. The number of Topliss-reactive ketones (excluding diaryl/α,β-unsaturated/α-hetero) is 1. The number of aliphatic carboxylic acids is 2. The van der Waals surface area contributed by atoms with Crippen LogP contribution in [0, 0.1) is 11.8 Å². The number of ether oxygens (including phenoxy) is 2. The molecule has 0 bridgehead atoms. The molecule has 8 atom stereocenters. The number of carbonyl (C=O) groups is 3. The average molecular weight is 503 g/mol. The highest BCUT2D eigenvalue weighted by molar-refractivity contribution is 5.84. The van der Waals surface area contributed by atoms with E-state index in [2.05, 4.69) is 0 Å². The maximum absolute atomic E-state index is 12.8. The fraction of sp³-hybridized carbons (Fsp3) is 0.800. The first-order valence-electron chi connectivity index (χ1n) is 12.7. The number of carboxylic acids is 2. The minimum atomic E-state index is -1.81. The molecule has 0 spiro atoms. The second-order valence-corrected chi connectivity index (χ2v) is 8.83. The topological polar surface area (TPSA) is 171 Å². The summed E-state index contributed by atoms with van der Waals surface area (Å²) in [5.74, 6) is -2.93. The van der Waals surface area contributed by atoms with Crippen molar-refractivity contribution in [3.63, 3.8) is 0 Å². The molecule has 0 amide bonds. The molecule has 10 nitrogen and oxygen atoms in total. The number of carboxylic acid groups (broad SMARTS) is 2. The van der Waals surface area contributed by atoms with Crippen molar-refractivity contribution >= 4 is 17.7 Å². The van der Waals surface area contributed by atoms with Gasteiger partial charge in [0.15, 0.2) is 12.4 Å². The van der Waals surface area contributed by atoms with Crippen LogP contribution in [0.3, 0.4) is 0 Å². The summed E-state index contributed by atoms with van der Waals surface area (Å²) in [6.45, 7) is 6.03. The monoisotopic (exact) mass is 502 g/mol. The third kappa shape index (κ3) is 9.27. The zero-order chi connectivity index (χ0) is 26.5. The fourth-order valence-corrected chi connectivity index (χ4v) is 4.46. The van der Waals surface area contributed by atoms with Crippen molar-refractivity contribution in [3.8, 4) is 0 Å². The molecule has 0 aromatic heterocycles. The number of hydrogen-bond donors (Lipinski definition) is 5. The lowest BCUT2D eigenvalue weighted by atomic mass is 9.88. The molecule has 2 rings (SSSR count). The van der Waals surface area contributed by atoms with Gasteiger partial charge in [0.25, 0.3) is 0 Å². The van der Waals surface area contributed by atoms with Gasteiger partial charge in [-0.3, -0.25) is 9.59 Å². The number of carbonyl (C=O) groups excluding carboxylic acids is 1. The highest BCUT2D eigenvalue weighted by Crippen LogP contribution is 2.38. The predicted molar refractivity (Wildman–Crippen MR) is 127 cm³/mol. The number of aliphatic hydroxyl groups excluding tert-OH is 3. The van der Waals surface area contributed by atoms with Gasteiger partial charge < -0.3 is 35.0 Å². The van der Waals surface area contributed by atoms with Crippen molar-refractivity contribution in [2.75, 3.05) is 0 Å². The number of rotatable bonds is 13. The Morgan fingerprint density at radius 2 is 1.69 bits per heavy atom.